The lowest BCUT2D eigenvalue weighted by atomic mass is 10.1. The molecular formula is C16H18ClN3O3S. The molecule has 128 valence electrons. The fourth-order valence-corrected chi connectivity index (χ4v) is 3.84. The van der Waals surface area contributed by atoms with E-state index in [4.69, 9.17) is 16.3 Å². The topological polar surface area (TPSA) is 72.4 Å². The molecule has 0 radical (unpaired) electrons. The van der Waals surface area contributed by atoms with Gasteiger partial charge < -0.3 is 9.64 Å². The van der Waals surface area contributed by atoms with Crippen LogP contribution in [0.2, 0.25) is 5.28 Å². The zero-order chi connectivity index (χ0) is 17.3. The summed E-state index contributed by atoms with van der Waals surface area (Å²) in [6.45, 7) is 3.96. The van der Waals surface area contributed by atoms with Gasteiger partial charge in [-0.1, -0.05) is 18.2 Å². The summed E-state index contributed by atoms with van der Waals surface area (Å²) in [4.78, 5) is 10.8. The highest BCUT2D eigenvalue weighted by Crippen LogP contribution is 2.30. The zero-order valence-corrected chi connectivity index (χ0v) is 15.0. The number of hydrogen-bond acceptors (Lipinski definition) is 6. The highest BCUT2D eigenvalue weighted by atomic mass is 35.5. The van der Waals surface area contributed by atoms with E-state index in [1.807, 2.05) is 6.92 Å². The molecule has 1 saturated heterocycles. The summed E-state index contributed by atoms with van der Waals surface area (Å²) < 4.78 is 29.5. The van der Waals surface area contributed by atoms with Gasteiger partial charge in [0, 0.05) is 24.4 Å². The van der Waals surface area contributed by atoms with Crippen LogP contribution in [0.4, 0.5) is 5.82 Å². The number of aromatic nitrogens is 2. The average molecular weight is 368 g/mol. The van der Waals surface area contributed by atoms with Gasteiger partial charge in [0.05, 0.1) is 29.8 Å². The van der Waals surface area contributed by atoms with E-state index in [0.29, 0.717) is 36.8 Å². The summed E-state index contributed by atoms with van der Waals surface area (Å²) in [6.07, 6.45) is 1.18. The van der Waals surface area contributed by atoms with Gasteiger partial charge in [-0.25, -0.2) is 18.4 Å². The maximum atomic E-state index is 12.0. The van der Waals surface area contributed by atoms with Gasteiger partial charge in [0.2, 0.25) is 5.28 Å². The second-order valence-electron chi connectivity index (χ2n) is 5.77. The standard InChI is InChI=1S/C16H18ClN3O3S/c1-11-10-23-8-7-20(11)15-9-13(18-16(17)19-15)12-5-3-4-6-14(12)24(2,21)22/h3-6,9,11H,7-8,10H2,1-2H3/t11-/m0/s1. The van der Waals surface area contributed by atoms with Crippen LogP contribution in [0.3, 0.4) is 0 Å². The third-order valence-corrected chi connectivity index (χ3v) is 5.23. The average Bonchev–Trinajstić information content (AvgIpc) is 2.54. The summed E-state index contributed by atoms with van der Waals surface area (Å²) in [5, 5.41) is 0.0875. The monoisotopic (exact) mass is 367 g/mol. The Hall–Kier alpha value is -1.70. The van der Waals surface area contributed by atoms with Gasteiger partial charge in [0.15, 0.2) is 9.84 Å². The highest BCUT2D eigenvalue weighted by Gasteiger charge is 2.23. The number of hydrogen-bond donors (Lipinski definition) is 0. The van der Waals surface area contributed by atoms with Gasteiger partial charge >= 0.3 is 0 Å². The Morgan fingerprint density at radius 2 is 2.04 bits per heavy atom. The number of morpholine rings is 1. The molecule has 3 rings (SSSR count). The Bertz CT molecular complexity index is 857. The number of anilines is 1. The molecule has 0 amide bonds. The van der Waals surface area contributed by atoms with Crippen LogP contribution < -0.4 is 4.90 Å². The van der Waals surface area contributed by atoms with Gasteiger partial charge in [0.25, 0.3) is 0 Å². The largest absolute Gasteiger partial charge is 0.377 e. The number of halogens is 1. The Morgan fingerprint density at radius 1 is 1.29 bits per heavy atom. The lowest BCUT2D eigenvalue weighted by Crippen LogP contribution is -2.44. The third kappa shape index (κ3) is 3.53. The van der Waals surface area contributed by atoms with Crippen LogP contribution in [0, 0.1) is 0 Å². The number of ether oxygens (including phenoxy) is 1. The number of nitrogens with zero attached hydrogens (tertiary/aromatic N) is 3. The van der Waals surface area contributed by atoms with Gasteiger partial charge in [-0.3, -0.25) is 0 Å². The van der Waals surface area contributed by atoms with E-state index in [1.54, 1.807) is 30.3 Å². The number of benzene rings is 1. The van der Waals surface area contributed by atoms with Gasteiger partial charge in [0.1, 0.15) is 5.82 Å². The molecule has 1 atom stereocenters. The summed E-state index contributed by atoms with van der Waals surface area (Å²) in [5.41, 5.74) is 1.01. The number of sulfone groups is 1. The molecule has 1 aromatic heterocycles. The van der Waals surface area contributed by atoms with Crippen molar-refractivity contribution in [3.8, 4) is 11.3 Å². The second-order valence-corrected chi connectivity index (χ2v) is 8.09. The maximum Gasteiger partial charge on any atom is 0.224 e. The third-order valence-electron chi connectivity index (χ3n) is 3.91. The molecule has 2 heterocycles. The normalized spacial score (nSPS) is 18.6. The first-order valence-electron chi connectivity index (χ1n) is 7.54. The second kappa shape index (κ2) is 6.66. The van der Waals surface area contributed by atoms with E-state index in [0.717, 1.165) is 0 Å². The fraction of sp³-hybridized carbons (Fsp3) is 0.375. The van der Waals surface area contributed by atoms with Crippen LogP contribution in [0.15, 0.2) is 35.2 Å². The lowest BCUT2D eigenvalue weighted by Gasteiger charge is -2.34. The van der Waals surface area contributed by atoms with Gasteiger partial charge in [-0.05, 0) is 24.6 Å². The van der Waals surface area contributed by atoms with Crippen LogP contribution in [-0.4, -0.2) is 50.4 Å². The molecule has 8 heteroatoms. The molecule has 1 fully saturated rings. The highest BCUT2D eigenvalue weighted by molar-refractivity contribution is 7.90. The van der Waals surface area contributed by atoms with Crippen molar-refractivity contribution in [3.05, 3.63) is 35.6 Å². The molecular weight excluding hydrogens is 350 g/mol. The minimum Gasteiger partial charge on any atom is -0.377 e. The van der Waals surface area contributed by atoms with E-state index in [2.05, 4.69) is 14.9 Å². The zero-order valence-electron chi connectivity index (χ0n) is 13.4. The van der Waals surface area contributed by atoms with Crippen molar-refractivity contribution < 1.29 is 13.2 Å². The predicted molar refractivity (Wildman–Crippen MR) is 93.2 cm³/mol. The molecule has 0 bridgehead atoms. The Morgan fingerprint density at radius 3 is 2.75 bits per heavy atom. The molecule has 2 aromatic rings. The van der Waals surface area contributed by atoms with E-state index >= 15 is 0 Å². The molecule has 0 spiro atoms. The Balaban J connectivity index is 2.11. The Kier molecular flexibility index (Phi) is 4.76. The first-order chi connectivity index (χ1) is 11.4. The van der Waals surface area contributed by atoms with Crippen molar-refractivity contribution >= 4 is 27.3 Å². The summed E-state index contributed by atoms with van der Waals surface area (Å²) in [7, 11) is -3.38. The molecule has 1 aliphatic heterocycles. The number of rotatable bonds is 3. The Labute approximate surface area is 146 Å². The van der Waals surface area contributed by atoms with Crippen molar-refractivity contribution in [2.75, 3.05) is 30.9 Å². The van der Waals surface area contributed by atoms with Crippen molar-refractivity contribution in [3.63, 3.8) is 0 Å². The SMILES string of the molecule is C[C@H]1COCCN1c1cc(-c2ccccc2S(C)(=O)=O)nc(Cl)n1. The molecule has 1 aromatic carbocycles. The van der Waals surface area contributed by atoms with Crippen LogP contribution in [0.5, 0.6) is 0 Å². The van der Waals surface area contributed by atoms with Crippen molar-refractivity contribution in [2.45, 2.75) is 17.9 Å². The van der Waals surface area contributed by atoms with Crippen molar-refractivity contribution in [2.24, 2.45) is 0 Å². The molecule has 24 heavy (non-hydrogen) atoms. The first-order valence-corrected chi connectivity index (χ1v) is 9.81. The predicted octanol–water partition coefficient (Wildman–Crippen LogP) is 2.43. The van der Waals surface area contributed by atoms with Crippen molar-refractivity contribution in [1.82, 2.24) is 9.97 Å². The van der Waals surface area contributed by atoms with Crippen LogP contribution in [0.1, 0.15) is 6.92 Å². The minimum absolute atomic E-state index is 0.0875. The van der Waals surface area contributed by atoms with Crippen LogP contribution in [-0.2, 0) is 14.6 Å². The smallest absolute Gasteiger partial charge is 0.224 e. The van der Waals surface area contributed by atoms with E-state index < -0.39 is 9.84 Å². The molecule has 0 unspecified atom stereocenters. The molecule has 0 saturated carbocycles. The minimum atomic E-state index is -3.38. The van der Waals surface area contributed by atoms with E-state index in [9.17, 15) is 8.42 Å². The molecule has 0 N–H and O–H groups in total. The molecule has 1 aliphatic rings. The van der Waals surface area contributed by atoms with Crippen LogP contribution >= 0.6 is 11.6 Å². The summed E-state index contributed by atoms with van der Waals surface area (Å²) in [5.74, 6) is 0.670. The molecule has 6 nitrogen and oxygen atoms in total. The van der Waals surface area contributed by atoms with Crippen LogP contribution in [0.25, 0.3) is 11.3 Å². The van der Waals surface area contributed by atoms with Crippen molar-refractivity contribution in [1.29, 1.82) is 0 Å². The quantitative estimate of drug-likeness (QED) is 0.776. The van der Waals surface area contributed by atoms with E-state index in [-0.39, 0.29) is 16.2 Å². The van der Waals surface area contributed by atoms with E-state index in [1.165, 1.54) is 6.26 Å². The fourth-order valence-electron chi connectivity index (χ4n) is 2.76. The van der Waals surface area contributed by atoms with Gasteiger partial charge in [-0.2, -0.15) is 0 Å². The summed E-state index contributed by atoms with van der Waals surface area (Å²) in [6, 6.07) is 8.68. The maximum absolute atomic E-state index is 12.0. The summed E-state index contributed by atoms with van der Waals surface area (Å²) >= 11 is 6.10. The first kappa shape index (κ1) is 17.1. The van der Waals surface area contributed by atoms with Gasteiger partial charge in [-0.15, -0.1) is 0 Å². The molecule has 0 aliphatic carbocycles. The lowest BCUT2D eigenvalue weighted by molar-refractivity contribution is 0.0985.